The Morgan fingerprint density at radius 2 is 1.08 bits per heavy atom. The zero-order valence-corrected chi connectivity index (χ0v) is 16.3. The molecule has 0 heterocycles. The quantitative estimate of drug-likeness (QED) is 0.428. The van der Waals surface area contributed by atoms with E-state index in [1.165, 1.54) is 35.2 Å². The molecule has 0 nitrogen and oxygen atoms in total. The lowest BCUT2D eigenvalue weighted by molar-refractivity contribution is 0.710. The second-order valence-electron chi connectivity index (χ2n) is 7.22. The van der Waals surface area contributed by atoms with Crippen molar-refractivity contribution in [3.8, 4) is 0 Å². The van der Waals surface area contributed by atoms with Gasteiger partial charge in [0.15, 0.2) is 0 Å². The highest BCUT2D eigenvalue weighted by molar-refractivity contribution is 7.96. The third-order valence-corrected chi connectivity index (χ3v) is 10.5. The highest BCUT2D eigenvalue weighted by Gasteiger charge is 2.52. The molecule has 1 aliphatic carbocycles. The zero-order valence-electron chi connectivity index (χ0n) is 15.4. The van der Waals surface area contributed by atoms with Crippen LogP contribution in [-0.2, 0) is 0 Å². The van der Waals surface area contributed by atoms with E-state index in [9.17, 15) is 0 Å². The smallest absolute Gasteiger partial charge is 0.0853 e. The largest absolute Gasteiger partial charge is 0.115 e. The maximum atomic E-state index is 2.44. The van der Waals surface area contributed by atoms with E-state index in [1.54, 1.807) is 5.57 Å². The lowest BCUT2D eigenvalue weighted by Gasteiger charge is -2.36. The first kappa shape index (κ1) is 17.3. The van der Waals surface area contributed by atoms with Crippen LogP contribution < -0.4 is 15.9 Å². The van der Waals surface area contributed by atoms with E-state index in [1.807, 2.05) is 0 Å². The minimum Gasteiger partial charge on any atom is -0.0853 e. The highest BCUT2D eigenvalue weighted by atomic mass is 31.2. The predicted octanol–water partition coefficient (Wildman–Crippen LogP) is 5.48. The van der Waals surface area contributed by atoms with E-state index in [4.69, 9.17) is 0 Å². The zero-order chi connectivity index (χ0) is 17.8. The fourth-order valence-electron chi connectivity index (χ4n) is 4.48. The lowest BCUT2D eigenvalue weighted by atomic mass is 10.0. The van der Waals surface area contributed by atoms with Gasteiger partial charge in [-0.25, -0.2) is 0 Å². The summed E-state index contributed by atoms with van der Waals surface area (Å²) in [4.78, 5) is 0. The summed E-state index contributed by atoms with van der Waals surface area (Å²) in [6, 6.07) is 33.9. The fourth-order valence-corrected chi connectivity index (χ4v) is 9.66. The molecule has 1 aliphatic rings. The molecule has 26 heavy (non-hydrogen) atoms. The van der Waals surface area contributed by atoms with Gasteiger partial charge in [0.1, 0.15) is 23.2 Å². The van der Waals surface area contributed by atoms with Crippen molar-refractivity contribution in [2.45, 2.75) is 31.8 Å². The predicted molar refractivity (Wildman–Crippen MR) is 117 cm³/mol. The molecule has 0 saturated heterocycles. The van der Waals surface area contributed by atoms with Crippen LogP contribution in [0.25, 0.3) is 0 Å². The van der Waals surface area contributed by atoms with Gasteiger partial charge in [-0.3, -0.25) is 0 Å². The van der Waals surface area contributed by atoms with Crippen LogP contribution in [0.4, 0.5) is 0 Å². The molecule has 0 spiro atoms. The van der Waals surface area contributed by atoms with Crippen molar-refractivity contribution in [2.75, 3.05) is 0 Å². The fraction of sp³-hybridized carbons (Fsp3) is 0.200. The normalized spacial score (nSPS) is 17.6. The first-order valence-corrected chi connectivity index (χ1v) is 11.4. The second-order valence-corrected chi connectivity index (χ2v) is 10.9. The summed E-state index contributed by atoms with van der Waals surface area (Å²) in [6.45, 7) is 2.31. The molecule has 0 aromatic heterocycles. The van der Waals surface area contributed by atoms with Crippen LogP contribution in [0.5, 0.6) is 0 Å². The number of allylic oxidation sites excluding steroid dienone is 2. The summed E-state index contributed by atoms with van der Waals surface area (Å²) in [7, 11) is -1.71. The maximum Gasteiger partial charge on any atom is 0.115 e. The van der Waals surface area contributed by atoms with Gasteiger partial charge in [0.2, 0.25) is 0 Å². The Morgan fingerprint density at radius 1 is 0.654 bits per heavy atom. The van der Waals surface area contributed by atoms with Gasteiger partial charge in [-0.15, -0.1) is 0 Å². The van der Waals surface area contributed by atoms with Crippen LogP contribution in [-0.4, -0.2) is 5.66 Å². The van der Waals surface area contributed by atoms with Gasteiger partial charge in [0.05, 0.1) is 5.66 Å². The molecule has 0 N–H and O–H groups in total. The number of rotatable bonds is 4. The molecule has 1 heteroatoms. The van der Waals surface area contributed by atoms with Crippen molar-refractivity contribution in [3.63, 3.8) is 0 Å². The first-order chi connectivity index (χ1) is 12.8. The molecule has 3 aromatic carbocycles. The molecule has 0 saturated carbocycles. The van der Waals surface area contributed by atoms with E-state index < -0.39 is 7.26 Å². The van der Waals surface area contributed by atoms with Gasteiger partial charge >= 0.3 is 0 Å². The average Bonchev–Trinajstić information content (AvgIpc) is 2.71. The van der Waals surface area contributed by atoms with Crippen LogP contribution in [0.15, 0.2) is 103 Å². The van der Waals surface area contributed by atoms with E-state index in [0.717, 1.165) is 0 Å². The minimum absolute atomic E-state index is 0.666. The topological polar surface area (TPSA) is 0 Å². The van der Waals surface area contributed by atoms with Crippen LogP contribution in [0.3, 0.4) is 0 Å². The number of hydrogen-bond donors (Lipinski definition) is 0. The Morgan fingerprint density at radius 3 is 1.46 bits per heavy atom. The molecule has 130 valence electrons. The summed E-state index contributed by atoms with van der Waals surface area (Å²) in [6.07, 6.45) is 6.10. The minimum atomic E-state index is -1.71. The van der Waals surface area contributed by atoms with Crippen LogP contribution in [0.1, 0.15) is 26.2 Å². The summed E-state index contributed by atoms with van der Waals surface area (Å²) < 4.78 is 0. The monoisotopic (exact) mass is 357 g/mol. The average molecular weight is 357 g/mol. The van der Waals surface area contributed by atoms with E-state index in [0.29, 0.717) is 5.66 Å². The SMILES string of the molecule is CC1=CCCC([P+](c2ccccc2)(c2ccccc2)c2ccccc2)C1. The highest BCUT2D eigenvalue weighted by Crippen LogP contribution is 2.63. The van der Waals surface area contributed by atoms with Gasteiger partial charge in [-0.2, -0.15) is 0 Å². The van der Waals surface area contributed by atoms with Crippen molar-refractivity contribution in [1.29, 1.82) is 0 Å². The Bertz CT molecular complexity index is 769. The Hall–Kier alpha value is -2.17. The van der Waals surface area contributed by atoms with Crippen molar-refractivity contribution in [3.05, 3.63) is 103 Å². The summed E-state index contributed by atoms with van der Waals surface area (Å²) in [5, 5.41) is 4.53. The summed E-state index contributed by atoms with van der Waals surface area (Å²) >= 11 is 0. The van der Waals surface area contributed by atoms with E-state index in [-0.39, 0.29) is 0 Å². The number of hydrogen-bond acceptors (Lipinski definition) is 0. The van der Waals surface area contributed by atoms with Gasteiger partial charge < -0.3 is 0 Å². The summed E-state index contributed by atoms with van der Waals surface area (Å²) in [5.74, 6) is 0. The standard InChI is InChI=1S/C25H26P/c1-21-12-11-19-25(20-21)26(22-13-5-2-6-14-22,23-15-7-3-8-16-23)24-17-9-4-10-18-24/h2-10,12-18,25H,11,19-20H2,1H3/q+1. The maximum absolute atomic E-state index is 2.44. The van der Waals surface area contributed by atoms with Gasteiger partial charge in [0.25, 0.3) is 0 Å². The van der Waals surface area contributed by atoms with Crippen molar-refractivity contribution >= 4 is 23.2 Å². The van der Waals surface area contributed by atoms with Gasteiger partial charge in [0, 0.05) is 6.42 Å². The van der Waals surface area contributed by atoms with Crippen molar-refractivity contribution in [1.82, 2.24) is 0 Å². The number of benzene rings is 3. The third-order valence-electron chi connectivity index (χ3n) is 5.59. The van der Waals surface area contributed by atoms with Crippen LogP contribution >= 0.6 is 7.26 Å². The second kappa shape index (κ2) is 7.60. The molecule has 0 bridgehead atoms. The Balaban J connectivity index is 2.02. The summed E-state index contributed by atoms with van der Waals surface area (Å²) in [5.41, 5.74) is 2.22. The lowest BCUT2D eigenvalue weighted by Crippen LogP contribution is -2.39. The van der Waals surface area contributed by atoms with Gasteiger partial charge in [-0.05, 0) is 56.2 Å². The Labute approximate surface area is 157 Å². The van der Waals surface area contributed by atoms with Crippen molar-refractivity contribution in [2.24, 2.45) is 0 Å². The molecule has 3 aromatic rings. The third kappa shape index (κ3) is 3.04. The molecular formula is C25H26P+. The molecule has 0 amide bonds. The molecule has 1 atom stereocenters. The molecule has 0 aliphatic heterocycles. The van der Waals surface area contributed by atoms with Crippen LogP contribution in [0, 0.1) is 0 Å². The molecule has 4 rings (SSSR count). The molecule has 0 fully saturated rings. The van der Waals surface area contributed by atoms with Crippen LogP contribution in [0.2, 0.25) is 0 Å². The first-order valence-electron chi connectivity index (χ1n) is 9.53. The molecular weight excluding hydrogens is 331 g/mol. The van der Waals surface area contributed by atoms with E-state index >= 15 is 0 Å². The Kier molecular flexibility index (Phi) is 5.05. The van der Waals surface area contributed by atoms with E-state index in [2.05, 4.69) is 104 Å². The molecule has 1 unspecified atom stereocenters. The molecule has 0 radical (unpaired) electrons. The van der Waals surface area contributed by atoms with Gasteiger partial charge in [-0.1, -0.05) is 66.2 Å². The van der Waals surface area contributed by atoms with Crippen molar-refractivity contribution < 1.29 is 0 Å².